The minimum absolute atomic E-state index is 0.0669. The molecule has 0 spiro atoms. The molecule has 1 aromatic rings. The summed E-state index contributed by atoms with van der Waals surface area (Å²) in [7, 11) is 0. The molecule has 0 unspecified atom stereocenters. The van der Waals surface area contributed by atoms with Crippen LogP contribution in [0.3, 0.4) is 0 Å². The predicted molar refractivity (Wildman–Crippen MR) is 88.2 cm³/mol. The molecule has 2 rings (SSSR count). The van der Waals surface area contributed by atoms with Gasteiger partial charge in [0, 0.05) is 27.3 Å². The number of hydrogen-bond acceptors (Lipinski definition) is 4. The maximum absolute atomic E-state index is 12.3. The first-order valence-corrected chi connectivity index (χ1v) is 8.14. The van der Waals surface area contributed by atoms with Gasteiger partial charge in [-0.3, -0.25) is 0 Å². The number of rotatable bonds is 7. The van der Waals surface area contributed by atoms with Gasteiger partial charge in [0.2, 0.25) is 0 Å². The first-order valence-electron chi connectivity index (χ1n) is 8.14. The maximum atomic E-state index is 12.3. The molecule has 0 N–H and O–H groups in total. The van der Waals surface area contributed by atoms with Crippen molar-refractivity contribution in [1.29, 1.82) is 0 Å². The molecule has 0 bridgehead atoms. The molecule has 0 atom stereocenters. The van der Waals surface area contributed by atoms with E-state index in [1.807, 2.05) is 4.57 Å². The summed E-state index contributed by atoms with van der Waals surface area (Å²) in [5.41, 5.74) is 19.1. The Morgan fingerprint density at radius 3 is 2.54 bits per heavy atom. The molecule has 1 heterocycles. The Bertz CT molecular complexity index is 678. The van der Waals surface area contributed by atoms with Crippen LogP contribution < -0.4 is 0 Å². The van der Waals surface area contributed by atoms with E-state index in [2.05, 4.69) is 20.1 Å². The zero-order valence-corrected chi connectivity index (χ0v) is 13.8. The summed E-state index contributed by atoms with van der Waals surface area (Å²) in [4.78, 5) is 17.9. The quantitative estimate of drug-likeness (QED) is 0.308. The van der Waals surface area contributed by atoms with Crippen molar-refractivity contribution in [2.75, 3.05) is 6.61 Å². The van der Waals surface area contributed by atoms with Gasteiger partial charge in [0.1, 0.15) is 0 Å². The van der Waals surface area contributed by atoms with Gasteiger partial charge in [-0.1, -0.05) is 29.5 Å². The van der Waals surface area contributed by atoms with Crippen LogP contribution in [0.15, 0.2) is 16.3 Å². The minimum Gasteiger partial charge on any atom is -0.462 e. The molecule has 9 heteroatoms. The first kappa shape index (κ1) is 17.7. The second-order valence-electron chi connectivity index (χ2n) is 5.66. The van der Waals surface area contributed by atoms with E-state index in [1.54, 1.807) is 13.0 Å². The lowest BCUT2D eigenvalue weighted by Gasteiger charge is -2.27. The van der Waals surface area contributed by atoms with Crippen molar-refractivity contribution in [2.45, 2.75) is 58.2 Å². The first-order chi connectivity index (χ1) is 11.7. The van der Waals surface area contributed by atoms with Gasteiger partial charge in [-0.05, 0) is 36.9 Å². The highest BCUT2D eigenvalue weighted by Gasteiger charge is 2.26. The summed E-state index contributed by atoms with van der Waals surface area (Å²) in [5, 5.41) is 7.28. The van der Waals surface area contributed by atoms with E-state index in [0.29, 0.717) is 11.3 Å². The van der Waals surface area contributed by atoms with Gasteiger partial charge < -0.3 is 9.30 Å². The SMILES string of the molecule is CCOC(=O)c1cc(CN=[N+]=[N-])n(C2CCCCC2)c1CN=[N+]=[N-]. The average molecular weight is 331 g/mol. The Morgan fingerprint density at radius 1 is 1.25 bits per heavy atom. The van der Waals surface area contributed by atoms with Crippen LogP contribution in [0.25, 0.3) is 20.9 Å². The number of carbonyl (C=O) groups is 1. The summed E-state index contributed by atoms with van der Waals surface area (Å²) in [6.07, 6.45) is 5.39. The lowest BCUT2D eigenvalue weighted by atomic mass is 9.95. The summed E-state index contributed by atoms with van der Waals surface area (Å²) in [5.74, 6) is -0.447. The van der Waals surface area contributed by atoms with E-state index in [4.69, 9.17) is 15.8 Å². The predicted octanol–water partition coefficient (Wildman–Crippen LogP) is 4.79. The van der Waals surface area contributed by atoms with E-state index in [9.17, 15) is 4.79 Å². The highest BCUT2D eigenvalue weighted by atomic mass is 16.5. The summed E-state index contributed by atoms with van der Waals surface area (Å²) < 4.78 is 7.14. The normalized spacial score (nSPS) is 14.5. The highest BCUT2D eigenvalue weighted by molar-refractivity contribution is 5.91. The number of aromatic nitrogens is 1. The Kier molecular flexibility index (Phi) is 6.54. The highest BCUT2D eigenvalue weighted by Crippen LogP contribution is 2.33. The lowest BCUT2D eigenvalue weighted by molar-refractivity contribution is 0.0524. The van der Waals surface area contributed by atoms with Crippen LogP contribution in [0.2, 0.25) is 0 Å². The third-order valence-electron chi connectivity index (χ3n) is 4.24. The standard InChI is InChI=1S/C15H21N7O2/c1-2-24-15(23)13-8-12(9-18-20-16)22(14(13)10-19-21-17)11-6-4-3-5-7-11/h8,11H,2-7,9-10H2,1H3. The van der Waals surface area contributed by atoms with E-state index in [0.717, 1.165) is 31.4 Å². The second kappa shape index (κ2) is 8.86. The Balaban J connectivity index is 2.53. The Hall–Kier alpha value is -2.63. The molecule has 1 fully saturated rings. The fraction of sp³-hybridized carbons (Fsp3) is 0.667. The third-order valence-corrected chi connectivity index (χ3v) is 4.24. The van der Waals surface area contributed by atoms with Gasteiger partial charge in [-0.2, -0.15) is 0 Å². The monoisotopic (exact) mass is 331 g/mol. The van der Waals surface area contributed by atoms with E-state index < -0.39 is 5.97 Å². The molecule has 128 valence electrons. The molecule has 0 aliphatic heterocycles. The average Bonchev–Trinajstić information content (AvgIpc) is 2.97. The molecular weight excluding hydrogens is 310 g/mol. The summed E-state index contributed by atoms with van der Waals surface area (Å²) >= 11 is 0. The van der Waals surface area contributed by atoms with E-state index in [-0.39, 0.29) is 25.7 Å². The molecule has 0 saturated heterocycles. The van der Waals surface area contributed by atoms with Crippen LogP contribution in [0.4, 0.5) is 0 Å². The summed E-state index contributed by atoms with van der Waals surface area (Å²) in [6.45, 7) is 2.22. The van der Waals surface area contributed by atoms with Crippen LogP contribution in [0.5, 0.6) is 0 Å². The van der Waals surface area contributed by atoms with Crippen molar-refractivity contribution in [3.8, 4) is 0 Å². The smallest absolute Gasteiger partial charge is 0.339 e. The zero-order valence-electron chi connectivity index (χ0n) is 13.8. The topological polar surface area (TPSA) is 129 Å². The molecule has 0 amide bonds. The number of carbonyl (C=O) groups excluding carboxylic acids is 1. The van der Waals surface area contributed by atoms with Crippen molar-refractivity contribution in [3.63, 3.8) is 0 Å². The van der Waals surface area contributed by atoms with E-state index in [1.165, 1.54) is 6.42 Å². The largest absolute Gasteiger partial charge is 0.462 e. The number of nitrogens with zero attached hydrogens (tertiary/aromatic N) is 7. The molecule has 9 nitrogen and oxygen atoms in total. The number of ether oxygens (including phenoxy) is 1. The molecule has 1 aliphatic carbocycles. The minimum atomic E-state index is -0.447. The van der Waals surface area contributed by atoms with Crippen LogP contribution >= 0.6 is 0 Å². The fourth-order valence-corrected chi connectivity index (χ4v) is 3.29. The number of esters is 1. The molecule has 24 heavy (non-hydrogen) atoms. The molecule has 1 saturated carbocycles. The van der Waals surface area contributed by atoms with Crippen molar-refractivity contribution >= 4 is 5.97 Å². The van der Waals surface area contributed by atoms with Crippen molar-refractivity contribution in [2.24, 2.45) is 10.2 Å². The lowest BCUT2D eigenvalue weighted by Crippen LogP contribution is -2.18. The number of azide groups is 2. The van der Waals surface area contributed by atoms with E-state index >= 15 is 0 Å². The van der Waals surface area contributed by atoms with Crippen LogP contribution in [-0.2, 0) is 17.8 Å². The third kappa shape index (κ3) is 4.01. The Labute approximate surface area is 139 Å². The molecule has 1 aliphatic rings. The van der Waals surface area contributed by atoms with Gasteiger partial charge in [0.15, 0.2) is 0 Å². The molecule has 0 radical (unpaired) electrons. The second-order valence-corrected chi connectivity index (χ2v) is 5.66. The van der Waals surface area contributed by atoms with Gasteiger partial charge in [-0.15, -0.1) is 0 Å². The Morgan fingerprint density at radius 2 is 1.92 bits per heavy atom. The van der Waals surface area contributed by atoms with Crippen LogP contribution in [0, 0.1) is 0 Å². The van der Waals surface area contributed by atoms with Gasteiger partial charge in [-0.25, -0.2) is 4.79 Å². The molecule has 0 aromatic carbocycles. The van der Waals surface area contributed by atoms with Crippen LogP contribution in [-0.4, -0.2) is 17.1 Å². The van der Waals surface area contributed by atoms with Crippen molar-refractivity contribution < 1.29 is 9.53 Å². The van der Waals surface area contributed by atoms with Gasteiger partial charge in [0.25, 0.3) is 0 Å². The summed E-state index contributed by atoms with van der Waals surface area (Å²) in [6, 6.07) is 1.92. The number of hydrogen-bond donors (Lipinski definition) is 0. The fourth-order valence-electron chi connectivity index (χ4n) is 3.29. The maximum Gasteiger partial charge on any atom is 0.339 e. The van der Waals surface area contributed by atoms with Crippen molar-refractivity contribution in [1.82, 2.24) is 4.57 Å². The molecule has 1 aromatic heterocycles. The molecular formula is C15H21N7O2. The van der Waals surface area contributed by atoms with Crippen molar-refractivity contribution in [3.05, 3.63) is 43.9 Å². The van der Waals surface area contributed by atoms with Gasteiger partial charge >= 0.3 is 5.97 Å². The van der Waals surface area contributed by atoms with Crippen LogP contribution in [0.1, 0.15) is 66.8 Å². The van der Waals surface area contributed by atoms with Gasteiger partial charge in [0.05, 0.1) is 25.3 Å². The zero-order chi connectivity index (χ0) is 17.4.